The predicted molar refractivity (Wildman–Crippen MR) is 146 cm³/mol. The molecule has 1 saturated carbocycles. The van der Waals surface area contributed by atoms with Gasteiger partial charge in [-0.2, -0.15) is 4.31 Å². The smallest absolute Gasteiger partial charge is 0.243 e. The zero-order valence-electron chi connectivity index (χ0n) is 21.6. The fraction of sp³-hybridized carbons (Fsp3) is 0.367. The Morgan fingerprint density at radius 3 is 2.16 bits per heavy atom. The van der Waals surface area contributed by atoms with Crippen LogP contribution in [0.3, 0.4) is 0 Å². The zero-order chi connectivity index (χ0) is 26.3. The highest BCUT2D eigenvalue weighted by Gasteiger charge is 2.31. The van der Waals surface area contributed by atoms with Crippen molar-refractivity contribution < 1.29 is 17.9 Å². The Kier molecular flexibility index (Phi) is 9.00. The summed E-state index contributed by atoms with van der Waals surface area (Å²) in [5.41, 5.74) is 3.24. The maximum atomic E-state index is 13.6. The number of hydrogen-bond donors (Lipinski definition) is 1. The number of carbonyl (C=O) groups is 1. The molecule has 3 aromatic carbocycles. The molecule has 0 unspecified atom stereocenters. The molecule has 0 bridgehead atoms. The van der Waals surface area contributed by atoms with E-state index in [4.69, 9.17) is 4.74 Å². The van der Waals surface area contributed by atoms with Gasteiger partial charge in [0.1, 0.15) is 5.75 Å². The molecule has 4 rings (SSSR count). The highest BCUT2D eigenvalue weighted by molar-refractivity contribution is 7.89. The number of nitrogens with one attached hydrogen (secondary N) is 1. The third-order valence-electron chi connectivity index (χ3n) is 7.17. The minimum absolute atomic E-state index is 0.0255. The van der Waals surface area contributed by atoms with Crippen LogP contribution in [0, 0.1) is 18.8 Å². The summed E-state index contributed by atoms with van der Waals surface area (Å²) in [7, 11) is -2.14. The number of benzene rings is 3. The Balaban J connectivity index is 1.39. The minimum Gasteiger partial charge on any atom is -0.497 e. The second-order valence-electron chi connectivity index (χ2n) is 9.88. The number of carbonyl (C=O) groups excluding carboxylic acids is 1. The molecule has 0 aromatic heterocycles. The van der Waals surface area contributed by atoms with E-state index in [1.54, 1.807) is 35.7 Å². The topological polar surface area (TPSA) is 75.7 Å². The van der Waals surface area contributed by atoms with Crippen LogP contribution in [-0.2, 0) is 27.9 Å². The highest BCUT2D eigenvalue weighted by atomic mass is 32.2. The third kappa shape index (κ3) is 7.21. The van der Waals surface area contributed by atoms with E-state index < -0.39 is 10.0 Å². The lowest BCUT2D eigenvalue weighted by molar-refractivity contribution is -0.126. The van der Waals surface area contributed by atoms with Gasteiger partial charge in [0.2, 0.25) is 15.9 Å². The first kappa shape index (κ1) is 26.9. The van der Waals surface area contributed by atoms with Crippen molar-refractivity contribution in [2.45, 2.75) is 50.6 Å². The molecule has 1 amide bonds. The van der Waals surface area contributed by atoms with Crippen molar-refractivity contribution in [1.82, 2.24) is 9.62 Å². The number of nitrogens with zero attached hydrogens (tertiary/aromatic N) is 1. The van der Waals surface area contributed by atoms with Crippen LogP contribution in [0.15, 0.2) is 83.8 Å². The molecule has 0 heterocycles. The molecule has 0 spiro atoms. The average Bonchev–Trinajstić information content (AvgIpc) is 2.93. The quantitative estimate of drug-likeness (QED) is 0.393. The third-order valence-corrected chi connectivity index (χ3v) is 8.99. The number of methoxy groups -OCH3 is 1. The van der Waals surface area contributed by atoms with Crippen LogP contribution < -0.4 is 10.1 Å². The van der Waals surface area contributed by atoms with Gasteiger partial charge in [-0.25, -0.2) is 8.42 Å². The van der Waals surface area contributed by atoms with Crippen LogP contribution in [0.4, 0.5) is 0 Å². The van der Waals surface area contributed by atoms with Crippen LogP contribution in [0.25, 0.3) is 0 Å². The molecule has 196 valence electrons. The van der Waals surface area contributed by atoms with E-state index in [-0.39, 0.29) is 22.6 Å². The SMILES string of the molecule is COc1ccc(S(=O)(=O)N(Cc2ccccc2)CC2CCC(C(=O)NCc3ccc(C)cc3)CC2)cc1. The van der Waals surface area contributed by atoms with Crippen molar-refractivity contribution in [1.29, 1.82) is 0 Å². The van der Waals surface area contributed by atoms with Gasteiger partial charge in [-0.3, -0.25) is 4.79 Å². The van der Waals surface area contributed by atoms with E-state index >= 15 is 0 Å². The van der Waals surface area contributed by atoms with Gasteiger partial charge in [0.05, 0.1) is 12.0 Å². The van der Waals surface area contributed by atoms with Crippen LogP contribution in [0.2, 0.25) is 0 Å². The van der Waals surface area contributed by atoms with Gasteiger partial charge in [0.15, 0.2) is 0 Å². The standard InChI is InChI=1S/C30H36N2O4S/c1-23-8-10-24(11-9-23)20-31-30(33)27-14-12-26(13-15-27)22-32(21-25-6-4-3-5-7-25)37(34,35)29-18-16-28(36-2)17-19-29/h3-11,16-19,26-27H,12-15,20-22H2,1-2H3,(H,31,33). The first-order chi connectivity index (χ1) is 17.8. The molecule has 0 saturated heterocycles. The second-order valence-corrected chi connectivity index (χ2v) is 11.8. The van der Waals surface area contributed by atoms with Gasteiger partial charge in [-0.15, -0.1) is 0 Å². The zero-order valence-corrected chi connectivity index (χ0v) is 22.4. The van der Waals surface area contributed by atoms with Crippen LogP contribution in [0.5, 0.6) is 5.75 Å². The largest absolute Gasteiger partial charge is 0.497 e. The summed E-state index contributed by atoms with van der Waals surface area (Å²) in [4.78, 5) is 13.0. The van der Waals surface area contributed by atoms with Gasteiger partial charge in [-0.1, -0.05) is 60.2 Å². The highest BCUT2D eigenvalue weighted by Crippen LogP contribution is 2.32. The fourth-order valence-electron chi connectivity index (χ4n) is 4.87. The lowest BCUT2D eigenvalue weighted by Crippen LogP contribution is -2.38. The summed E-state index contributed by atoms with van der Waals surface area (Å²) in [6, 6.07) is 24.4. The molecular weight excluding hydrogens is 484 g/mol. The van der Waals surface area contributed by atoms with E-state index in [9.17, 15) is 13.2 Å². The van der Waals surface area contributed by atoms with E-state index in [0.29, 0.717) is 25.4 Å². The van der Waals surface area contributed by atoms with Gasteiger partial charge in [-0.05, 0) is 73.9 Å². The Hall–Kier alpha value is -3.16. The lowest BCUT2D eigenvalue weighted by Gasteiger charge is -2.32. The summed E-state index contributed by atoms with van der Waals surface area (Å²) in [5.74, 6) is 0.888. The van der Waals surface area contributed by atoms with Crippen molar-refractivity contribution >= 4 is 15.9 Å². The van der Waals surface area contributed by atoms with Crippen molar-refractivity contribution in [3.05, 3.63) is 95.6 Å². The molecule has 37 heavy (non-hydrogen) atoms. The molecule has 6 nitrogen and oxygen atoms in total. The predicted octanol–water partition coefficient (Wildman–Crippen LogP) is 5.32. The fourth-order valence-corrected chi connectivity index (χ4v) is 6.37. The Morgan fingerprint density at radius 2 is 1.54 bits per heavy atom. The van der Waals surface area contributed by atoms with Crippen molar-refractivity contribution in [2.75, 3.05) is 13.7 Å². The van der Waals surface area contributed by atoms with Crippen molar-refractivity contribution in [3.8, 4) is 5.75 Å². The van der Waals surface area contributed by atoms with E-state index in [2.05, 4.69) is 5.32 Å². The maximum Gasteiger partial charge on any atom is 0.243 e. The molecule has 1 aliphatic rings. The minimum atomic E-state index is -3.70. The number of aryl methyl sites for hydroxylation is 1. The summed E-state index contributed by atoms with van der Waals surface area (Å²) < 4.78 is 34.1. The molecule has 0 atom stereocenters. The van der Waals surface area contributed by atoms with Crippen molar-refractivity contribution in [2.24, 2.45) is 11.8 Å². The first-order valence-corrected chi connectivity index (χ1v) is 14.3. The Bertz CT molecular complexity index is 1250. The summed E-state index contributed by atoms with van der Waals surface area (Å²) in [5, 5.41) is 3.08. The molecule has 7 heteroatoms. The Labute approximate surface area is 220 Å². The van der Waals surface area contributed by atoms with E-state index in [1.807, 2.05) is 61.5 Å². The average molecular weight is 521 g/mol. The van der Waals surface area contributed by atoms with E-state index in [1.165, 1.54) is 5.56 Å². The number of ether oxygens (including phenoxy) is 1. The van der Waals surface area contributed by atoms with E-state index in [0.717, 1.165) is 36.8 Å². The first-order valence-electron chi connectivity index (χ1n) is 12.9. The van der Waals surface area contributed by atoms with Crippen molar-refractivity contribution in [3.63, 3.8) is 0 Å². The second kappa shape index (κ2) is 12.4. The Morgan fingerprint density at radius 1 is 0.892 bits per heavy atom. The van der Waals surface area contributed by atoms with Gasteiger partial charge in [0.25, 0.3) is 0 Å². The van der Waals surface area contributed by atoms with Gasteiger partial charge in [0, 0.05) is 25.6 Å². The summed E-state index contributed by atoms with van der Waals surface area (Å²) in [6.45, 7) is 3.32. The molecular formula is C30H36N2O4S. The summed E-state index contributed by atoms with van der Waals surface area (Å²) in [6.07, 6.45) is 3.19. The van der Waals surface area contributed by atoms with Crippen LogP contribution >= 0.6 is 0 Å². The molecule has 1 N–H and O–H groups in total. The molecule has 0 aliphatic heterocycles. The maximum absolute atomic E-state index is 13.6. The monoisotopic (exact) mass is 520 g/mol. The van der Waals surface area contributed by atoms with Gasteiger partial charge >= 0.3 is 0 Å². The molecule has 1 aliphatic carbocycles. The number of rotatable bonds is 10. The molecule has 3 aromatic rings. The normalized spacial score (nSPS) is 17.9. The number of amides is 1. The molecule has 0 radical (unpaired) electrons. The number of hydrogen-bond acceptors (Lipinski definition) is 4. The van der Waals surface area contributed by atoms with Gasteiger partial charge < -0.3 is 10.1 Å². The van der Waals surface area contributed by atoms with Crippen LogP contribution in [-0.4, -0.2) is 32.3 Å². The summed E-state index contributed by atoms with van der Waals surface area (Å²) >= 11 is 0. The number of sulfonamides is 1. The van der Waals surface area contributed by atoms with Crippen LogP contribution in [0.1, 0.15) is 42.4 Å². The molecule has 1 fully saturated rings. The lowest BCUT2D eigenvalue weighted by atomic mass is 9.81.